The van der Waals surface area contributed by atoms with Crippen molar-refractivity contribution < 1.29 is 14.2 Å². The second kappa shape index (κ2) is 7.31. The quantitative estimate of drug-likeness (QED) is 0.791. The molecule has 20 heavy (non-hydrogen) atoms. The molecule has 0 unspecified atom stereocenters. The van der Waals surface area contributed by atoms with Crippen LogP contribution in [0.25, 0.3) is 0 Å². The van der Waals surface area contributed by atoms with Crippen molar-refractivity contribution in [1.29, 1.82) is 0 Å². The lowest BCUT2D eigenvalue weighted by Gasteiger charge is -2.13. The number of hydrogen-bond acceptors (Lipinski definition) is 3. The molecule has 2 aromatic carbocycles. The number of ether oxygens (including phenoxy) is 3. The van der Waals surface area contributed by atoms with Gasteiger partial charge in [0, 0.05) is 10.0 Å². The van der Waals surface area contributed by atoms with Gasteiger partial charge in [0.15, 0.2) is 11.5 Å². The Labute approximate surface area is 127 Å². The van der Waals surface area contributed by atoms with Crippen LogP contribution < -0.4 is 9.47 Å². The third-order valence-corrected chi connectivity index (χ3v) is 3.35. The van der Waals surface area contributed by atoms with Gasteiger partial charge in [-0.05, 0) is 17.7 Å². The van der Waals surface area contributed by atoms with E-state index in [9.17, 15) is 0 Å². The summed E-state index contributed by atoms with van der Waals surface area (Å²) in [6, 6.07) is 13.9. The molecule has 0 heterocycles. The predicted molar refractivity (Wildman–Crippen MR) is 82.2 cm³/mol. The van der Waals surface area contributed by atoms with Crippen molar-refractivity contribution in [2.24, 2.45) is 0 Å². The van der Waals surface area contributed by atoms with E-state index in [1.807, 2.05) is 42.5 Å². The Morgan fingerprint density at radius 2 is 1.70 bits per heavy atom. The molecule has 3 nitrogen and oxygen atoms in total. The first-order valence-electron chi connectivity index (χ1n) is 6.26. The molecule has 2 aromatic rings. The van der Waals surface area contributed by atoms with E-state index in [0.29, 0.717) is 24.7 Å². The molecule has 0 aliphatic heterocycles. The maximum atomic E-state index is 5.75. The molecule has 0 radical (unpaired) electrons. The van der Waals surface area contributed by atoms with E-state index in [4.69, 9.17) is 14.2 Å². The molecule has 0 aliphatic carbocycles. The maximum absolute atomic E-state index is 5.75. The largest absolute Gasteiger partial charge is 0.493 e. The Hall–Kier alpha value is -1.52. The van der Waals surface area contributed by atoms with E-state index in [1.54, 1.807) is 14.2 Å². The second-order valence-electron chi connectivity index (χ2n) is 4.28. The molecular formula is C16H17BrO3. The zero-order valence-corrected chi connectivity index (χ0v) is 13.1. The summed E-state index contributed by atoms with van der Waals surface area (Å²) < 4.78 is 17.4. The van der Waals surface area contributed by atoms with Crippen molar-refractivity contribution in [1.82, 2.24) is 0 Å². The van der Waals surface area contributed by atoms with Crippen LogP contribution in [0.4, 0.5) is 0 Å². The fourth-order valence-corrected chi connectivity index (χ4v) is 2.45. The smallest absolute Gasteiger partial charge is 0.166 e. The van der Waals surface area contributed by atoms with Gasteiger partial charge in [-0.25, -0.2) is 0 Å². The fraction of sp³-hybridized carbons (Fsp3) is 0.250. The van der Waals surface area contributed by atoms with Crippen molar-refractivity contribution in [3.63, 3.8) is 0 Å². The Morgan fingerprint density at radius 1 is 0.950 bits per heavy atom. The van der Waals surface area contributed by atoms with Crippen LogP contribution in [0.5, 0.6) is 11.5 Å². The second-order valence-corrected chi connectivity index (χ2v) is 5.19. The van der Waals surface area contributed by atoms with Gasteiger partial charge in [-0.3, -0.25) is 0 Å². The summed E-state index contributed by atoms with van der Waals surface area (Å²) in [5.41, 5.74) is 2.10. The van der Waals surface area contributed by atoms with Crippen LogP contribution in [-0.2, 0) is 18.0 Å². The van der Waals surface area contributed by atoms with Gasteiger partial charge < -0.3 is 14.2 Å². The lowest BCUT2D eigenvalue weighted by molar-refractivity contribution is 0.105. The van der Waals surface area contributed by atoms with Crippen LogP contribution in [-0.4, -0.2) is 14.2 Å². The average Bonchev–Trinajstić information content (AvgIpc) is 2.47. The van der Waals surface area contributed by atoms with Crippen LogP contribution in [0.2, 0.25) is 0 Å². The molecule has 0 spiro atoms. The van der Waals surface area contributed by atoms with Crippen LogP contribution in [0.3, 0.4) is 0 Å². The first-order chi connectivity index (χ1) is 9.74. The molecule has 0 aromatic heterocycles. The lowest BCUT2D eigenvalue weighted by Crippen LogP contribution is -1.99. The van der Waals surface area contributed by atoms with Gasteiger partial charge in [0.25, 0.3) is 0 Å². The highest BCUT2D eigenvalue weighted by atomic mass is 79.9. The topological polar surface area (TPSA) is 27.7 Å². The molecule has 0 saturated heterocycles. The van der Waals surface area contributed by atoms with Gasteiger partial charge in [-0.1, -0.05) is 46.3 Å². The van der Waals surface area contributed by atoms with Gasteiger partial charge in [-0.15, -0.1) is 0 Å². The molecule has 106 valence electrons. The van der Waals surface area contributed by atoms with Crippen molar-refractivity contribution in [2.75, 3.05) is 14.2 Å². The first-order valence-corrected chi connectivity index (χ1v) is 7.06. The number of methoxy groups -OCH3 is 2. The summed E-state index contributed by atoms with van der Waals surface area (Å²) in [6.45, 7) is 1.03. The van der Waals surface area contributed by atoms with Crippen LogP contribution in [0, 0.1) is 0 Å². The van der Waals surface area contributed by atoms with Gasteiger partial charge in [0.2, 0.25) is 0 Å². The van der Waals surface area contributed by atoms with Gasteiger partial charge in [0.1, 0.15) is 0 Å². The van der Waals surface area contributed by atoms with Crippen molar-refractivity contribution in [3.05, 3.63) is 58.1 Å². The molecule has 2 rings (SSSR count). The molecule has 0 bridgehead atoms. The monoisotopic (exact) mass is 336 g/mol. The van der Waals surface area contributed by atoms with E-state index >= 15 is 0 Å². The molecule has 0 fully saturated rings. The highest BCUT2D eigenvalue weighted by molar-refractivity contribution is 9.10. The maximum Gasteiger partial charge on any atom is 0.166 e. The Bertz CT molecular complexity index is 555. The zero-order valence-electron chi connectivity index (χ0n) is 11.6. The van der Waals surface area contributed by atoms with E-state index < -0.39 is 0 Å². The molecule has 0 aliphatic rings. The van der Waals surface area contributed by atoms with Crippen molar-refractivity contribution in [3.8, 4) is 11.5 Å². The minimum absolute atomic E-state index is 0.466. The Balaban J connectivity index is 2.07. The van der Waals surface area contributed by atoms with Gasteiger partial charge in [-0.2, -0.15) is 0 Å². The summed E-state index contributed by atoms with van der Waals surface area (Å²) in [4.78, 5) is 0. The third kappa shape index (κ3) is 3.74. The normalized spacial score (nSPS) is 10.3. The minimum atomic E-state index is 0.466. The summed E-state index contributed by atoms with van der Waals surface area (Å²) in [5, 5.41) is 0. The third-order valence-electron chi connectivity index (χ3n) is 2.89. The SMILES string of the molecule is COc1cc(Br)cc(COCc2ccccc2)c1OC. The van der Waals surface area contributed by atoms with Crippen LogP contribution >= 0.6 is 15.9 Å². The summed E-state index contributed by atoms with van der Waals surface area (Å²) in [7, 11) is 3.26. The molecule has 4 heteroatoms. The number of hydrogen-bond donors (Lipinski definition) is 0. The fourth-order valence-electron chi connectivity index (χ4n) is 1.97. The first kappa shape index (κ1) is 14.9. The van der Waals surface area contributed by atoms with E-state index in [0.717, 1.165) is 15.6 Å². The van der Waals surface area contributed by atoms with Crippen molar-refractivity contribution >= 4 is 15.9 Å². The zero-order chi connectivity index (χ0) is 14.4. The highest BCUT2D eigenvalue weighted by Gasteiger charge is 2.11. The number of halogens is 1. The molecular weight excluding hydrogens is 320 g/mol. The molecule has 0 saturated carbocycles. The van der Waals surface area contributed by atoms with E-state index in [-0.39, 0.29) is 0 Å². The molecule has 0 amide bonds. The summed E-state index contributed by atoms with van der Waals surface area (Å²) >= 11 is 3.46. The van der Waals surface area contributed by atoms with Gasteiger partial charge in [0.05, 0.1) is 27.4 Å². The van der Waals surface area contributed by atoms with Gasteiger partial charge >= 0.3 is 0 Å². The highest BCUT2D eigenvalue weighted by Crippen LogP contribution is 2.35. The summed E-state index contributed by atoms with van der Waals surface area (Å²) in [6.07, 6.45) is 0. The molecule has 0 atom stereocenters. The number of rotatable bonds is 6. The number of benzene rings is 2. The summed E-state index contributed by atoms with van der Waals surface area (Å²) in [5.74, 6) is 1.41. The van der Waals surface area contributed by atoms with E-state index in [2.05, 4.69) is 15.9 Å². The Morgan fingerprint density at radius 3 is 2.35 bits per heavy atom. The van der Waals surface area contributed by atoms with Crippen LogP contribution in [0.1, 0.15) is 11.1 Å². The Kier molecular flexibility index (Phi) is 5.44. The predicted octanol–water partition coefficient (Wildman–Crippen LogP) is 4.18. The van der Waals surface area contributed by atoms with Crippen LogP contribution in [0.15, 0.2) is 46.9 Å². The lowest BCUT2D eigenvalue weighted by atomic mass is 10.2. The average molecular weight is 337 g/mol. The molecule has 0 N–H and O–H groups in total. The van der Waals surface area contributed by atoms with E-state index in [1.165, 1.54) is 0 Å². The van der Waals surface area contributed by atoms with Crippen molar-refractivity contribution in [2.45, 2.75) is 13.2 Å². The standard InChI is InChI=1S/C16H17BrO3/c1-18-15-9-14(17)8-13(16(15)19-2)11-20-10-12-6-4-3-5-7-12/h3-9H,10-11H2,1-2H3. The minimum Gasteiger partial charge on any atom is -0.493 e.